The van der Waals surface area contributed by atoms with Crippen LogP contribution in [0.4, 0.5) is 16.2 Å². The first kappa shape index (κ1) is 28.9. The van der Waals surface area contributed by atoms with Crippen LogP contribution in [0.2, 0.25) is 0 Å². The molecule has 11 heteroatoms. The fourth-order valence-corrected chi connectivity index (χ4v) is 7.46. The lowest BCUT2D eigenvalue weighted by atomic mass is 9.98. The number of pyridine rings is 1. The molecule has 4 amide bonds. The Balaban J connectivity index is 1.07. The number of hydrogen-bond acceptors (Lipinski definition) is 7. The highest BCUT2D eigenvalue weighted by Crippen LogP contribution is 2.51. The van der Waals surface area contributed by atoms with Crippen molar-refractivity contribution in [2.24, 2.45) is 5.92 Å². The minimum atomic E-state index is -0.613. The van der Waals surface area contributed by atoms with E-state index in [9.17, 15) is 19.6 Å². The van der Waals surface area contributed by atoms with E-state index < -0.39 is 11.3 Å². The molecule has 4 heterocycles. The first-order chi connectivity index (χ1) is 21.9. The Hall–Kier alpha value is -4.82. The van der Waals surface area contributed by atoms with Crippen LogP contribution in [-0.4, -0.2) is 52.1 Å². The number of hydrogen-bond donors (Lipinski definition) is 2. The number of nitrogens with one attached hydrogen (secondary N) is 2. The molecule has 1 aliphatic carbocycles. The minimum absolute atomic E-state index is 0.188. The predicted octanol–water partition coefficient (Wildman–Crippen LogP) is 5.53. The molecule has 3 aromatic rings. The molecule has 7 rings (SSSR count). The van der Waals surface area contributed by atoms with Crippen LogP contribution < -0.4 is 20.3 Å². The number of nitriles is 1. The Morgan fingerprint density at radius 2 is 1.93 bits per heavy atom. The van der Waals surface area contributed by atoms with E-state index in [1.807, 2.05) is 61.5 Å². The molecule has 2 fully saturated rings. The van der Waals surface area contributed by atoms with Crippen LogP contribution in [-0.2, 0) is 9.59 Å². The molecule has 4 aliphatic rings. The zero-order chi connectivity index (χ0) is 31.1. The average molecular weight is 621 g/mol. The summed E-state index contributed by atoms with van der Waals surface area (Å²) in [7, 11) is 0. The molecular formula is C34H32N6O4S. The van der Waals surface area contributed by atoms with Crippen LogP contribution in [0.15, 0.2) is 77.5 Å². The number of aromatic nitrogens is 1. The van der Waals surface area contributed by atoms with Crippen molar-refractivity contribution in [3.05, 3.63) is 83.6 Å². The van der Waals surface area contributed by atoms with Gasteiger partial charge >= 0.3 is 6.03 Å². The van der Waals surface area contributed by atoms with E-state index in [-0.39, 0.29) is 29.5 Å². The molecular weight excluding hydrogens is 588 g/mol. The van der Waals surface area contributed by atoms with E-state index in [0.29, 0.717) is 41.2 Å². The number of anilines is 2. The first-order valence-corrected chi connectivity index (χ1v) is 16.1. The molecule has 1 aromatic heterocycles. The standard InChI is InChI=1S/C34H32N6O4S/c1-20-16-25(44-24-7-3-2-4-8-24)11-12-26(20)40-27-13-14-36-32-28(27)29(38-34(40)43)30(45-32)31(41)37-23-6-5-15-39(19-23)33(42)22(18-35)17-21-9-10-21/h2-4,7-8,11-14,16-17,21,23,29-30H,5-6,9-10,15,19H2,1H3,(H,37,41)(H,38,43)/b22-17+/t23?,29?,30-/m1/s1. The summed E-state index contributed by atoms with van der Waals surface area (Å²) in [6.45, 7) is 2.83. The largest absolute Gasteiger partial charge is 0.457 e. The van der Waals surface area contributed by atoms with Crippen LogP contribution in [0.5, 0.6) is 11.5 Å². The van der Waals surface area contributed by atoms with E-state index in [1.54, 1.807) is 22.1 Å². The molecule has 2 aromatic carbocycles. The van der Waals surface area contributed by atoms with Crippen LogP contribution in [0.25, 0.3) is 0 Å². The number of allylic oxidation sites excluding steroid dienone is 1. The Labute approximate surface area is 265 Å². The van der Waals surface area contributed by atoms with E-state index in [2.05, 4.69) is 21.7 Å². The number of para-hydroxylation sites is 1. The molecule has 0 radical (unpaired) electrons. The summed E-state index contributed by atoms with van der Waals surface area (Å²) in [5.41, 5.74) is 3.25. The highest BCUT2D eigenvalue weighted by atomic mass is 32.2. The van der Waals surface area contributed by atoms with Gasteiger partial charge in [0.2, 0.25) is 5.91 Å². The fourth-order valence-electron chi connectivity index (χ4n) is 6.22. The quantitative estimate of drug-likeness (QED) is 0.263. The summed E-state index contributed by atoms with van der Waals surface area (Å²) in [5, 5.41) is 15.8. The summed E-state index contributed by atoms with van der Waals surface area (Å²) in [6.07, 6.45) is 6.93. The second kappa shape index (κ2) is 11.9. The van der Waals surface area contributed by atoms with Crippen LogP contribution in [0, 0.1) is 24.2 Å². The second-order valence-electron chi connectivity index (χ2n) is 11.8. The highest BCUT2D eigenvalue weighted by Gasteiger charge is 2.47. The SMILES string of the molecule is Cc1cc(Oc2ccccc2)ccc1N1C(=O)NC2c3c1ccnc3S[C@H]2C(=O)NC1CCCN(C(=O)/C(C#N)=C/C2CC2)C1. The van der Waals surface area contributed by atoms with Crippen molar-refractivity contribution >= 4 is 41.0 Å². The molecule has 2 unspecified atom stereocenters. The highest BCUT2D eigenvalue weighted by molar-refractivity contribution is 8.01. The maximum absolute atomic E-state index is 13.7. The maximum atomic E-state index is 13.7. The molecule has 1 saturated carbocycles. The molecule has 2 N–H and O–H groups in total. The maximum Gasteiger partial charge on any atom is 0.327 e. The van der Waals surface area contributed by atoms with Gasteiger partial charge in [0, 0.05) is 30.9 Å². The normalized spacial score (nSPS) is 22.3. The molecule has 3 aliphatic heterocycles. The van der Waals surface area contributed by atoms with Gasteiger partial charge in [-0.25, -0.2) is 9.78 Å². The number of amides is 4. The van der Waals surface area contributed by atoms with Crippen molar-refractivity contribution in [1.82, 2.24) is 20.5 Å². The number of carbonyl (C=O) groups is 3. The summed E-state index contributed by atoms with van der Waals surface area (Å²) in [5.74, 6) is 1.23. The fraction of sp³-hybridized carbons (Fsp3) is 0.324. The zero-order valence-corrected chi connectivity index (χ0v) is 25.5. The van der Waals surface area contributed by atoms with Crippen molar-refractivity contribution in [3.63, 3.8) is 0 Å². The van der Waals surface area contributed by atoms with E-state index in [0.717, 1.165) is 42.6 Å². The lowest BCUT2D eigenvalue weighted by Crippen LogP contribution is -2.54. The van der Waals surface area contributed by atoms with Crippen LogP contribution in [0.3, 0.4) is 0 Å². The molecule has 1 saturated heterocycles. The topological polar surface area (TPSA) is 128 Å². The van der Waals surface area contributed by atoms with Crippen molar-refractivity contribution in [3.8, 4) is 17.6 Å². The third-order valence-corrected chi connectivity index (χ3v) is 9.87. The Kier molecular flexibility index (Phi) is 7.67. The van der Waals surface area contributed by atoms with Gasteiger partial charge in [-0.15, -0.1) is 0 Å². The predicted molar refractivity (Wildman–Crippen MR) is 169 cm³/mol. The van der Waals surface area contributed by atoms with E-state index >= 15 is 0 Å². The van der Waals surface area contributed by atoms with Gasteiger partial charge in [-0.3, -0.25) is 14.5 Å². The zero-order valence-electron chi connectivity index (χ0n) is 24.7. The summed E-state index contributed by atoms with van der Waals surface area (Å²) >= 11 is 1.34. The Morgan fingerprint density at radius 3 is 2.69 bits per heavy atom. The van der Waals surface area contributed by atoms with Gasteiger partial charge in [0.15, 0.2) is 0 Å². The van der Waals surface area contributed by atoms with Gasteiger partial charge in [-0.05, 0) is 80.5 Å². The Morgan fingerprint density at radius 1 is 1.11 bits per heavy atom. The molecule has 0 spiro atoms. The van der Waals surface area contributed by atoms with Gasteiger partial charge in [0.05, 0.1) is 17.4 Å². The number of piperidine rings is 1. The third kappa shape index (κ3) is 5.73. The van der Waals surface area contributed by atoms with Gasteiger partial charge < -0.3 is 20.3 Å². The second-order valence-corrected chi connectivity index (χ2v) is 13.0. The number of rotatable bonds is 7. The average Bonchev–Trinajstić information content (AvgIpc) is 3.80. The number of likely N-dealkylation sites (tertiary alicyclic amines) is 1. The number of ether oxygens (including phenoxy) is 1. The minimum Gasteiger partial charge on any atom is -0.457 e. The number of urea groups is 1. The lowest BCUT2D eigenvalue weighted by Gasteiger charge is -2.36. The monoisotopic (exact) mass is 620 g/mol. The number of nitrogens with zero attached hydrogens (tertiary/aromatic N) is 4. The van der Waals surface area contributed by atoms with Crippen molar-refractivity contribution in [2.75, 3.05) is 18.0 Å². The van der Waals surface area contributed by atoms with E-state index in [4.69, 9.17) is 4.74 Å². The number of aryl methyl sites for hydroxylation is 1. The van der Waals surface area contributed by atoms with Gasteiger partial charge in [-0.1, -0.05) is 36.0 Å². The van der Waals surface area contributed by atoms with Gasteiger partial charge in [0.1, 0.15) is 33.4 Å². The number of carbonyl (C=O) groups excluding carboxylic acids is 3. The van der Waals surface area contributed by atoms with Gasteiger partial charge in [0.25, 0.3) is 5.91 Å². The molecule has 10 nitrogen and oxygen atoms in total. The Bertz CT molecular complexity index is 1750. The molecule has 45 heavy (non-hydrogen) atoms. The number of benzene rings is 2. The van der Waals surface area contributed by atoms with Crippen molar-refractivity contribution in [1.29, 1.82) is 5.26 Å². The summed E-state index contributed by atoms with van der Waals surface area (Å²) in [6, 6.07) is 17.8. The summed E-state index contributed by atoms with van der Waals surface area (Å²) < 4.78 is 5.99. The molecule has 3 atom stereocenters. The van der Waals surface area contributed by atoms with Gasteiger partial charge in [-0.2, -0.15) is 5.26 Å². The molecule has 0 bridgehead atoms. The van der Waals surface area contributed by atoms with Crippen LogP contribution >= 0.6 is 11.8 Å². The lowest BCUT2D eigenvalue weighted by molar-refractivity contribution is -0.129. The first-order valence-electron chi connectivity index (χ1n) is 15.2. The number of thioether (sulfide) groups is 1. The molecule has 228 valence electrons. The summed E-state index contributed by atoms with van der Waals surface area (Å²) in [4.78, 5) is 48.3. The van der Waals surface area contributed by atoms with Crippen molar-refractivity contribution < 1.29 is 19.1 Å². The van der Waals surface area contributed by atoms with Crippen molar-refractivity contribution in [2.45, 2.75) is 55.0 Å². The third-order valence-electron chi connectivity index (χ3n) is 8.58. The van der Waals surface area contributed by atoms with Crippen LogP contribution in [0.1, 0.15) is 42.9 Å². The van der Waals surface area contributed by atoms with E-state index in [1.165, 1.54) is 11.8 Å². The smallest absolute Gasteiger partial charge is 0.327 e.